The van der Waals surface area contributed by atoms with E-state index >= 15 is 0 Å². The van der Waals surface area contributed by atoms with Gasteiger partial charge in [-0.25, -0.2) is 0 Å². The molecule has 2 aromatic carbocycles. The van der Waals surface area contributed by atoms with Gasteiger partial charge in [-0.2, -0.15) is 0 Å². The zero-order chi connectivity index (χ0) is 21.1. The van der Waals surface area contributed by atoms with Crippen LogP contribution in [-0.4, -0.2) is 33.9 Å². The monoisotopic (exact) mass is 479 g/mol. The van der Waals surface area contributed by atoms with Gasteiger partial charge in [0, 0.05) is 45.5 Å². The number of nitrogens with one attached hydrogen (secondary N) is 1. The van der Waals surface area contributed by atoms with Crippen molar-refractivity contribution in [1.82, 2.24) is 9.88 Å². The number of halogens is 1. The molecule has 0 unspecified atom stereocenters. The van der Waals surface area contributed by atoms with Gasteiger partial charge in [-0.1, -0.05) is 52.3 Å². The van der Waals surface area contributed by atoms with Crippen LogP contribution in [0.3, 0.4) is 0 Å². The molecule has 6 rings (SSSR count). The first-order valence-electron chi connectivity index (χ1n) is 11.3. The zero-order valence-electron chi connectivity index (χ0n) is 17.3. The van der Waals surface area contributed by atoms with Gasteiger partial charge < -0.3 is 4.98 Å². The van der Waals surface area contributed by atoms with Gasteiger partial charge in [-0.15, -0.1) is 0 Å². The summed E-state index contributed by atoms with van der Waals surface area (Å²) in [6.45, 7) is 1.99. The quantitative estimate of drug-likeness (QED) is 0.379. The molecule has 0 amide bonds. The van der Waals surface area contributed by atoms with Crippen LogP contribution in [0.4, 0.5) is 0 Å². The summed E-state index contributed by atoms with van der Waals surface area (Å²) in [5.41, 5.74) is 5.21. The summed E-state index contributed by atoms with van der Waals surface area (Å²) in [6.07, 6.45) is 3.79. The SMILES string of the molecule is O=[N+]([O-])[C@@H]1CC[C@H]2C[C@H]3c4[nH]c5cc(Br)ccc5c4CCN3C[C@@H]2[C@H]1c1ccccc1. The number of nitro groups is 1. The van der Waals surface area contributed by atoms with Gasteiger partial charge in [0.2, 0.25) is 6.04 Å². The van der Waals surface area contributed by atoms with Gasteiger partial charge in [0.05, 0.1) is 12.0 Å². The van der Waals surface area contributed by atoms with Crippen LogP contribution in [0.25, 0.3) is 10.9 Å². The molecule has 3 heterocycles. The highest BCUT2D eigenvalue weighted by Crippen LogP contribution is 2.52. The zero-order valence-corrected chi connectivity index (χ0v) is 18.9. The minimum Gasteiger partial charge on any atom is -0.357 e. The lowest BCUT2D eigenvalue weighted by molar-refractivity contribution is -0.533. The number of fused-ring (bicyclic) bond motifs is 6. The highest BCUT2D eigenvalue weighted by molar-refractivity contribution is 9.10. The van der Waals surface area contributed by atoms with E-state index in [9.17, 15) is 10.1 Å². The van der Waals surface area contributed by atoms with Gasteiger partial charge in [-0.3, -0.25) is 15.0 Å². The van der Waals surface area contributed by atoms with Crippen LogP contribution in [0.1, 0.15) is 48.0 Å². The smallest absolute Gasteiger partial charge is 0.220 e. The molecule has 2 fully saturated rings. The molecule has 0 radical (unpaired) electrons. The molecule has 31 heavy (non-hydrogen) atoms. The minimum atomic E-state index is -0.467. The summed E-state index contributed by atoms with van der Waals surface area (Å²) in [5.74, 6) is 0.894. The Kier molecular flexibility index (Phi) is 4.69. The predicted octanol–water partition coefficient (Wildman–Crippen LogP) is 5.69. The second kappa shape index (κ2) is 7.45. The Morgan fingerprint density at radius 1 is 1.13 bits per heavy atom. The molecular weight excluding hydrogens is 454 g/mol. The molecule has 5 atom stereocenters. The van der Waals surface area contributed by atoms with Gasteiger partial charge >= 0.3 is 0 Å². The third-order valence-electron chi connectivity index (χ3n) is 8.07. The van der Waals surface area contributed by atoms with Gasteiger partial charge in [0.15, 0.2) is 0 Å². The number of piperidine rings is 1. The molecule has 1 aromatic heterocycles. The van der Waals surface area contributed by atoms with E-state index in [2.05, 4.69) is 56.1 Å². The molecule has 0 spiro atoms. The molecule has 2 aliphatic heterocycles. The van der Waals surface area contributed by atoms with Crippen LogP contribution < -0.4 is 0 Å². The summed E-state index contributed by atoms with van der Waals surface area (Å²) in [6, 6.07) is 16.7. The van der Waals surface area contributed by atoms with Crippen molar-refractivity contribution in [2.45, 2.75) is 43.7 Å². The summed E-state index contributed by atoms with van der Waals surface area (Å²) in [7, 11) is 0. The van der Waals surface area contributed by atoms with E-state index in [4.69, 9.17) is 0 Å². The summed E-state index contributed by atoms with van der Waals surface area (Å²) < 4.78 is 1.10. The van der Waals surface area contributed by atoms with Crippen molar-refractivity contribution in [3.63, 3.8) is 0 Å². The van der Waals surface area contributed by atoms with Crippen molar-refractivity contribution < 1.29 is 4.92 Å². The Bertz CT molecular complexity index is 1140. The lowest BCUT2D eigenvalue weighted by Crippen LogP contribution is -2.52. The number of H-pyrrole nitrogens is 1. The minimum absolute atomic E-state index is 0.0101. The number of nitrogens with zero attached hydrogens (tertiary/aromatic N) is 2. The highest BCUT2D eigenvalue weighted by atomic mass is 79.9. The predicted molar refractivity (Wildman–Crippen MR) is 125 cm³/mol. The van der Waals surface area contributed by atoms with E-state index in [0.717, 1.165) is 42.4 Å². The maximum absolute atomic E-state index is 12.0. The molecule has 1 N–H and O–H groups in total. The summed E-state index contributed by atoms with van der Waals surface area (Å²) >= 11 is 3.60. The van der Waals surface area contributed by atoms with E-state index < -0.39 is 6.04 Å². The van der Waals surface area contributed by atoms with Crippen LogP contribution in [0.2, 0.25) is 0 Å². The van der Waals surface area contributed by atoms with Crippen LogP contribution >= 0.6 is 15.9 Å². The Balaban J connectivity index is 1.36. The lowest BCUT2D eigenvalue weighted by Gasteiger charge is -2.51. The Morgan fingerprint density at radius 3 is 2.77 bits per heavy atom. The van der Waals surface area contributed by atoms with Crippen LogP contribution in [0.5, 0.6) is 0 Å². The van der Waals surface area contributed by atoms with Crippen LogP contribution in [-0.2, 0) is 6.42 Å². The third kappa shape index (κ3) is 3.14. The number of aromatic nitrogens is 1. The van der Waals surface area contributed by atoms with Gasteiger partial charge in [-0.05, 0) is 54.4 Å². The van der Waals surface area contributed by atoms with E-state index in [0.29, 0.717) is 24.3 Å². The van der Waals surface area contributed by atoms with Gasteiger partial charge in [0.1, 0.15) is 0 Å². The number of benzene rings is 2. The summed E-state index contributed by atoms with van der Waals surface area (Å²) in [5, 5.41) is 13.3. The first-order valence-corrected chi connectivity index (χ1v) is 12.1. The molecular formula is C25H26BrN3O2. The number of aromatic amines is 1. The highest BCUT2D eigenvalue weighted by Gasteiger charge is 2.51. The van der Waals surface area contributed by atoms with E-state index in [1.807, 2.05) is 18.2 Å². The maximum Gasteiger partial charge on any atom is 0.220 e. The van der Waals surface area contributed by atoms with Crippen LogP contribution in [0.15, 0.2) is 53.0 Å². The first-order chi connectivity index (χ1) is 15.1. The number of hydrogen-bond donors (Lipinski definition) is 1. The second-order valence-electron chi connectivity index (χ2n) is 9.49. The lowest BCUT2D eigenvalue weighted by atomic mass is 9.62. The van der Waals surface area contributed by atoms with Crippen molar-refractivity contribution in [1.29, 1.82) is 0 Å². The molecule has 0 bridgehead atoms. The largest absolute Gasteiger partial charge is 0.357 e. The first kappa shape index (κ1) is 19.5. The molecule has 5 nitrogen and oxygen atoms in total. The van der Waals surface area contributed by atoms with Gasteiger partial charge in [0.25, 0.3) is 0 Å². The molecule has 3 aromatic rings. The average Bonchev–Trinajstić information content (AvgIpc) is 3.15. The Labute approximate surface area is 190 Å². The topological polar surface area (TPSA) is 62.2 Å². The summed E-state index contributed by atoms with van der Waals surface area (Å²) in [4.78, 5) is 18.3. The molecule has 3 aliphatic rings. The molecule has 1 aliphatic carbocycles. The Morgan fingerprint density at radius 2 is 1.97 bits per heavy atom. The second-order valence-corrected chi connectivity index (χ2v) is 10.4. The van der Waals surface area contributed by atoms with Crippen molar-refractivity contribution in [3.8, 4) is 0 Å². The van der Waals surface area contributed by atoms with Crippen LogP contribution in [0, 0.1) is 22.0 Å². The fraction of sp³-hybridized carbons (Fsp3) is 0.440. The Hall–Kier alpha value is -2.18. The van der Waals surface area contributed by atoms with Crippen molar-refractivity contribution in [2.75, 3.05) is 13.1 Å². The van der Waals surface area contributed by atoms with Crippen molar-refractivity contribution >= 4 is 26.8 Å². The normalized spacial score (nSPS) is 30.4. The standard InChI is InChI=1S/C25H26BrN3O2/c26-17-7-8-18-19-10-11-28-14-20-16(12-23(28)25(19)27-21(18)13-17)6-9-22(29(30)31)24(20)15-4-2-1-3-5-15/h1-5,7-8,13,16,20,22-24,27H,6,9-12,14H2/t16-,20-,22+,23-,24+/m0/s1. The average molecular weight is 480 g/mol. The molecule has 6 heteroatoms. The fourth-order valence-corrected chi connectivity index (χ4v) is 7.09. The van der Waals surface area contributed by atoms with Crippen molar-refractivity contribution in [2.24, 2.45) is 11.8 Å². The number of hydrogen-bond acceptors (Lipinski definition) is 3. The number of rotatable bonds is 2. The molecule has 1 saturated carbocycles. The fourth-order valence-electron chi connectivity index (χ4n) is 6.73. The maximum atomic E-state index is 12.0. The molecule has 1 saturated heterocycles. The van der Waals surface area contributed by atoms with E-state index in [-0.39, 0.29) is 10.8 Å². The molecule has 160 valence electrons. The third-order valence-corrected chi connectivity index (χ3v) is 8.56. The van der Waals surface area contributed by atoms with E-state index in [1.54, 1.807) is 0 Å². The van der Waals surface area contributed by atoms with E-state index in [1.165, 1.54) is 22.2 Å². The van der Waals surface area contributed by atoms with Crippen molar-refractivity contribution in [3.05, 3.63) is 79.9 Å².